The van der Waals surface area contributed by atoms with E-state index >= 15 is 0 Å². The topological polar surface area (TPSA) is 63.9 Å². The molecule has 0 fully saturated rings. The van der Waals surface area contributed by atoms with Gasteiger partial charge in [-0.25, -0.2) is 4.98 Å². The summed E-state index contributed by atoms with van der Waals surface area (Å²) in [7, 11) is 0. The van der Waals surface area contributed by atoms with Gasteiger partial charge in [0.05, 0.1) is 17.6 Å². The van der Waals surface area contributed by atoms with Gasteiger partial charge in [-0.15, -0.1) is 0 Å². The van der Waals surface area contributed by atoms with Crippen LogP contribution in [-0.2, 0) is 17.7 Å². The molecule has 92 valence electrons. The maximum Gasteiger partial charge on any atom is 0.109 e. The summed E-state index contributed by atoms with van der Waals surface area (Å²) in [6, 6.07) is 6.04. The Kier molecular flexibility index (Phi) is 4.12. The molecule has 3 N–H and O–H groups in total. The average molecular weight is 233 g/mol. The largest absolute Gasteiger partial charge is 0.381 e. The van der Waals surface area contributed by atoms with Gasteiger partial charge in [-0.3, -0.25) is 0 Å². The Labute approximate surface area is 101 Å². The first-order valence-electron chi connectivity index (χ1n) is 6.09. The van der Waals surface area contributed by atoms with E-state index in [1.807, 2.05) is 18.2 Å². The average Bonchev–Trinajstić information content (AvgIpc) is 2.77. The van der Waals surface area contributed by atoms with Gasteiger partial charge in [0.15, 0.2) is 0 Å². The number of fused-ring (bicyclic) bond motifs is 1. The highest BCUT2D eigenvalue weighted by Gasteiger charge is 2.05. The molecule has 0 aliphatic carbocycles. The third-order valence-electron chi connectivity index (χ3n) is 2.70. The number of ether oxygens (including phenoxy) is 1. The van der Waals surface area contributed by atoms with Crippen LogP contribution in [-0.4, -0.2) is 23.2 Å². The highest BCUT2D eigenvalue weighted by atomic mass is 16.5. The second-order valence-corrected chi connectivity index (χ2v) is 4.06. The number of nitrogens with zero attached hydrogens (tertiary/aromatic N) is 1. The molecule has 0 aliphatic rings. The van der Waals surface area contributed by atoms with Gasteiger partial charge in [-0.1, -0.05) is 19.1 Å². The highest BCUT2D eigenvalue weighted by Crippen LogP contribution is 2.16. The van der Waals surface area contributed by atoms with E-state index in [4.69, 9.17) is 10.5 Å². The van der Waals surface area contributed by atoms with Crippen LogP contribution in [0.15, 0.2) is 18.2 Å². The molecule has 0 amide bonds. The van der Waals surface area contributed by atoms with E-state index in [2.05, 4.69) is 16.9 Å². The van der Waals surface area contributed by atoms with Gasteiger partial charge < -0.3 is 15.5 Å². The molecule has 0 saturated carbocycles. The molecule has 1 aromatic heterocycles. The van der Waals surface area contributed by atoms with Crippen LogP contribution in [0.4, 0.5) is 0 Å². The fourth-order valence-corrected chi connectivity index (χ4v) is 1.84. The Morgan fingerprint density at radius 1 is 1.35 bits per heavy atom. The zero-order valence-electron chi connectivity index (χ0n) is 10.2. The number of hydrogen-bond acceptors (Lipinski definition) is 3. The predicted molar refractivity (Wildman–Crippen MR) is 68.8 cm³/mol. The van der Waals surface area contributed by atoms with Gasteiger partial charge in [0, 0.05) is 19.6 Å². The molecule has 2 aromatic rings. The molecule has 2 rings (SSSR count). The van der Waals surface area contributed by atoms with E-state index < -0.39 is 0 Å². The molecule has 1 aromatic carbocycles. The van der Waals surface area contributed by atoms with Crippen LogP contribution >= 0.6 is 0 Å². The molecule has 4 heteroatoms. The van der Waals surface area contributed by atoms with Crippen LogP contribution in [0, 0.1) is 0 Å². The third-order valence-corrected chi connectivity index (χ3v) is 2.70. The third kappa shape index (κ3) is 2.84. The van der Waals surface area contributed by atoms with E-state index in [0.29, 0.717) is 13.2 Å². The Balaban J connectivity index is 2.09. The summed E-state index contributed by atoms with van der Waals surface area (Å²) < 4.78 is 5.45. The van der Waals surface area contributed by atoms with Crippen molar-refractivity contribution < 1.29 is 4.74 Å². The Morgan fingerprint density at radius 2 is 2.24 bits per heavy atom. The van der Waals surface area contributed by atoms with E-state index in [0.717, 1.165) is 41.9 Å². The van der Waals surface area contributed by atoms with Gasteiger partial charge in [0.1, 0.15) is 5.82 Å². The standard InChI is InChI=1S/C13H19N3O/c1-2-7-17-8-6-12-15-11-5-3-4-10(9-14)13(11)16-12/h3-5H,2,6-9,14H2,1H3,(H,15,16). The number of para-hydroxylation sites is 1. The minimum Gasteiger partial charge on any atom is -0.381 e. The molecule has 0 bridgehead atoms. The van der Waals surface area contributed by atoms with Crippen molar-refractivity contribution in [3.8, 4) is 0 Å². The second kappa shape index (κ2) is 5.80. The second-order valence-electron chi connectivity index (χ2n) is 4.06. The number of H-pyrrole nitrogens is 1. The first kappa shape index (κ1) is 12.1. The Hall–Kier alpha value is -1.39. The van der Waals surface area contributed by atoms with Crippen molar-refractivity contribution in [1.29, 1.82) is 0 Å². The SMILES string of the molecule is CCCOCCc1nc2c(CN)cccc2[nH]1. The number of rotatable bonds is 6. The first-order valence-corrected chi connectivity index (χ1v) is 6.09. The van der Waals surface area contributed by atoms with Crippen molar-refractivity contribution in [2.75, 3.05) is 13.2 Å². The van der Waals surface area contributed by atoms with Gasteiger partial charge >= 0.3 is 0 Å². The quantitative estimate of drug-likeness (QED) is 0.750. The van der Waals surface area contributed by atoms with Crippen LogP contribution in [0.1, 0.15) is 24.7 Å². The molecule has 0 aliphatic heterocycles. The van der Waals surface area contributed by atoms with E-state index in [1.54, 1.807) is 0 Å². The number of hydrogen-bond donors (Lipinski definition) is 2. The molecule has 0 radical (unpaired) electrons. The van der Waals surface area contributed by atoms with Crippen molar-refractivity contribution in [2.45, 2.75) is 26.3 Å². The molecule has 0 saturated heterocycles. The molecular weight excluding hydrogens is 214 g/mol. The molecular formula is C13H19N3O. The Morgan fingerprint density at radius 3 is 3.00 bits per heavy atom. The number of nitrogens with one attached hydrogen (secondary N) is 1. The predicted octanol–water partition coefficient (Wildman–Crippen LogP) is 1.99. The fraction of sp³-hybridized carbons (Fsp3) is 0.462. The zero-order valence-corrected chi connectivity index (χ0v) is 10.2. The number of nitrogens with two attached hydrogens (primary N) is 1. The Bertz CT molecular complexity index is 478. The van der Waals surface area contributed by atoms with Crippen molar-refractivity contribution in [2.24, 2.45) is 5.73 Å². The summed E-state index contributed by atoms with van der Waals surface area (Å²) in [5.41, 5.74) is 8.81. The summed E-state index contributed by atoms with van der Waals surface area (Å²) in [6.45, 7) is 4.16. The lowest BCUT2D eigenvalue weighted by Gasteiger charge is -1.99. The highest BCUT2D eigenvalue weighted by molar-refractivity contribution is 5.78. The van der Waals surface area contributed by atoms with Gasteiger partial charge in [-0.2, -0.15) is 0 Å². The monoisotopic (exact) mass is 233 g/mol. The smallest absolute Gasteiger partial charge is 0.109 e. The lowest BCUT2D eigenvalue weighted by atomic mass is 10.2. The minimum absolute atomic E-state index is 0.522. The van der Waals surface area contributed by atoms with Crippen LogP contribution in [0.5, 0.6) is 0 Å². The van der Waals surface area contributed by atoms with E-state index in [1.165, 1.54) is 0 Å². The molecule has 0 atom stereocenters. The number of aromatic amines is 1. The van der Waals surface area contributed by atoms with Gasteiger partial charge in [-0.05, 0) is 18.1 Å². The molecule has 0 spiro atoms. The van der Waals surface area contributed by atoms with Crippen LogP contribution in [0.25, 0.3) is 11.0 Å². The molecule has 1 heterocycles. The lowest BCUT2D eigenvalue weighted by molar-refractivity contribution is 0.137. The summed E-state index contributed by atoms with van der Waals surface area (Å²) in [5, 5.41) is 0. The van der Waals surface area contributed by atoms with Crippen LogP contribution < -0.4 is 5.73 Å². The molecule has 17 heavy (non-hydrogen) atoms. The summed E-state index contributed by atoms with van der Waals surface area (Å²) in [5.74, 6) is 0.969. The lowest BCUT2D eigenvalue weighted by Crippen LogP contribution is -2.00. The summed E-state index contributed by atoms with van der Waals surface area (Å²) >= 11 is 0. The van der Waals surface area contributed by atoms with Crippen molar-refractivity contribution >= 4 is 11.0 Å². The molecule has 0 unspecified atom stereocenters. The maximum atomic E-state index is 5.69. The van der Waals surface area contributed by atoms with Crippen LogP contribution in [0.3, 0.4) is 0 Å². The number of imidazole rings is 1. The normalized spacial score (nSPS) is 11.2. The maximum absolute atomic E-state index is 5.69. The fourth-order valence-electron chi connectivity index (χ4n) is 1.84. The van der Waals surface area contributed by atoms with E-state index in [9.17, 15) is 0 Å². The van der Waals surface area contributed by atoms with Gasteiger partial charge in [0.2, 0.25) is 0 Å². The molecule has 4 nitrogen and oxygen atoms in total. The zero-order chi connectivity index (χ0) is 12.1. The van der Waals surface area contributed by atoms with Crippen molar-refractivity contribution in [1.82, 2.24) is 9.97 Å². The van der Waals surface area contributed by atoms with E-state index in [-0.39, 0.29) is 0 Å². The first-order chi connectivity index (χ1) is 8.35. The minimum atomic E-state index is 0.522. The number of aromatic nitrogens is 2. The summed E-state index contributed by atoms with van der Waals surface area (Å²) in [6.07, 6.45) is 1.87. The van der Waals surface area contributed by atoms with Crippen LogP contribution in [0.2, 0.25) is 0 Å². The van der Waals surface area contributed by atoms with Crippen molar-refractivity contribution in [3.63, 3.8) is 0 Å². The van der Waals surface area contributed by atoms with Crippen molar-refractivity contribution in [3.05, 3.63) is 29.6 Å². The summed E-state index contributed by atoms with van der Waals surface area (Å²) in [4.78, 5) is 7.87. The number of benzene rings is 1. The van der Waals surface area contributed by atoms with Gasteiger partial charge in [0.25, 0.3) is 0 Å².